The number of benzene rings is 1. The van der Waals surface area contributed by atoms with E-state index in [9.17, 15) is 4.79 Å². The number of nitrogens with one attached hydrogen (secondary N) is 1. The zero-order valence-electron chi connectivity index (χ0n) is 19.4. The van der Waals surface area contributed by atoms with Crippen molar-refractivity contribution in [1.29, 1.82) is 0 Å². The maximum absolute atomic E-state index is 13.2. The maximum atomic E-state index is 13.2. The van der Waals surface area contributed by atoms with Crippen LogP contribution in [-0.2, 0) is 14.9 Å². The minimum atomic E-state index is -0.948. The van der Waals surface area contributed by atoms with E-state index in [1.807, 2.05) is 29.7 Å². The summed E-state index contributed by atoms with van der Waals surface area (Å²) in [7, 11) is 0. The summed E-state index contributed by atoms with van der Waals surface area (Å²) in [6, 6.07) is 7.25. The molecule has 1 aromatic carbocycles. The predicted molar refractivity (Wildman–Crippen MR) is 135 cm³/mol. The van der Waals surface area contributed by atoms with Crippen molar-refractivity contribution in [2.75, 3.05) is 18.5 Å². The summed E-state index contributed by atoms with van der Waals surface area (Å²) in [5, 5.41) is 3.54. The molecule has 9 nitrogen and oxygen atoms in total. The molecule has 1 saturated heterocycles. The van der Waals surface area contributed by atoms with Gasteiger partial charge in [-0.1, -0.05) is 0 Å². The third kappa shape index (κ3) is 3.95. The number of hydrogen-bond donors (Lipinski definition) is 1. The van der Waals surface area contributed by atoms with E-state index < -0.39 is 5.41 Å². The molecule has 182 valence electrons. The van der Waals surface area contributed by atoms with Crippen LogP contribution in [-0.4, -0.2) is 66.4 Å². The van der Waals surface area contributed by atoms with Gasteiger partial charge in [-0.2, -0.15) is 0 Å². The molecule has 4 aromatic rings. The standard InChI is InChI=1S/C25H22AsClN6O3/c1-25(14-5-7-15(27)8-6-14)18-19(26)30-20(31-21(18)32-24(25)34)17-12-33-10-9-28-22(33)23(29-17)36-13-16-4-2-3-11-35-16/h5-10,12,16H,2-4,11,13H2,1H3,(H,30,31,32,34). The second kappa shape index (κ2) is 9.14. The van der Waals surface area contributed by atoms with Crippen molar-refractivity contribution >= 4 is 50.3 Å². The van der Waals surface area contributed by atoms with Gasteiger partial charge in [0.1, 0.15) is 0 Å². The topological polar surface area (TPSA) is 104 Å². The van der Waals surface area contributed by atoms with Crippen molar-refractivity contribution in [2.45, 2.75) is 37.7 Å². The molecule has 1 fully saturated rings. The molecule has 2 radical (unpaired) electrons. The molecule has 2 aliphatic rings. The van der Waals surface area contributed by atoms with Gasteiger partial charge in [-0.15, -0.1) is 0 Å². The van der Waals surface area contributed by atoms with Gasteiger partial charge in [0, 0.05) is 0 Å². The number of anilines is 1. The van der Waals surface area contributed by atoms with Gasteiger partial charge in [0.2, 0.25) is 0 Å². The summed E-state index contributed by atoms with van der Waals surface area (Å²) in [6.07, 6.45) is 8.51. The average molecular weight is 565 g/mol. The quantitative estimate of drug-likeness (QED) is 0.372. The molecule has 2 atom stereocenters. The van der Waals surface area contributed by atoms with Crippen molar-refractivity contribution in [3.05, 3.63) is 59.0 Å². The van der Waals surface area contributed by atoms with E-state index in [2.05, 4.69) is 27.2 Å². The van der Waals surface area contributed by atoms with E-state index in [1.165, 1.54) is 0 Å². The number of halogens is 1. The van der Waals surface area contributed by atoms with E-state index in [0.29, 0.717) is 50.5 Å². The van der Waals surface area contributed by atoms with Crippen LogP contribution >= 0.6 is 11.6 Å². The first-order valence-corrected chi connectivity index (χ1v) is 13.0. The molecular formula is C25H22AsClN6O3. The Hall–Kier alpha value is -3.00. The van der Waals surface area contributed by atoms with Gasteiger partial charge in [0.25, 0.3) is 0 Å². The first-order valence-electron chi connectivity index (χ1n) is 11.7. The number of imidazole rings is 1. The van der Waals surface area contributed by atoms with Crippen LogP contribution in [0.2, 0.25) is 5.02 Å². The molecular weight excluding hydrogens is 543 g/mol. The number of carbonyl (C=O) groups excluding carboxylic acids is 1. The number of rotatable bonds is 5. The second-order valence-corrected chi connectivity index (χ2v) is 10.4. The number of fused-ring (bicyclic) bond motifs is 2. The fraction of sp³-hybridized carbons (Fsp3) is 0.320. The Balaban J connectivity index is 1.38. The fourth-order valence-corrected chi connectivity index (χ4v) is 5.75. The van der Waals surface area contributed by atoms with E-state index in [0.717, 1.165) is 31.4 Å². The Labute approximate surface area is 221 Å². The Kier molecular flexibility index (Phi) is 5.94. The van der Waals surface area contributed by atoms with Crippen molar-refractivity contribution in [3.8, 4) is 17.4 Å². The van der Waals surface area contributed by atoms with Crippen LogP contribution in [0, 0.1) is 0 Å². The van der Waals surface area contributed by atoms with Gasteiger partial charge < -0.3 is 0 Å². The number of nitrogens with zero attached hydrogens (tertiary/aromatic N) is 5. The summed E-state index contributed by atoms with van der Waals surface area (Å²) in [4.78, 5) is 31.7. The van der Waals surface area contributed by atoms with Crippen LogP contribution in [0.5, 0.6) is 5.88 Å². The van der Waals surface area contributed by atoms with Crippen molar-refractivity contribution in [1.82, 2.24) is 24.3 Å². The molecule has 0 spiro atoms. The zero-order valence-corrected chi connectivity index (χ0v) is 22.1. The van der Waals surface area contributed by atoms with Gasteiger partial charge in [-0.05, 0) is 0 Å². The molecule has 1 amide bonds. The van der Waals surface area contributed by atoms with Crippen LogP contribution in [0.15, 0.2) is 42.9 Å². The molecule has 11 heteroatoms. The van der Waals surface area contributed by atoms with Crippen molar-refractivity contribution in [2.24, 2.45) is 0 Å². The predicted octanol–water partition coefficient (Wildman–Crippen LogP) is 2.84. The zero-order chi connectivity index (χ0) is 24.9. The average Bonchev–Trinajstić information content (AvgIpc) is 3.46. The SMILES string of the molecule is CC1(c2ccc(Cl)cc2)C(=O)Nc2nc(-c3cn4ccnc4c(OCC4CCCCO4)n3)nc([As])c21. The van der Waals surface area contributed by atoms with E-state index in [1.54, 1.807) is 24.5 Å². The number of carbonyl (C=O) groups is 1. The Morgan fingerprint density at radius 2 is 2.08 bits per heavy atom. The van der Waals surface area contributed by atoms with Crippen LogP contribution < -0.4 is 14.5 Å². The molecule has 0 saturated carbocycles. The first-order chi connectivity index (χ1) is 17.4. The fourth-order valence-electron chi connectivity index (χ4n) is 4.74. The number of amides is 1. The molecule has 2 unspecified atom stereocenters. The van der Waals surface area contributed by atoms with Crippen LogP contribution in [0.4, 0.5) is 5.82 Å². The van der Waals surface area contributed by atoms with Crippen molar-refractivity contribution in [3.63, 3.8) is 0 Å². The Morgan fingerprint density at radius 1 is 1.25 bits per heavy atom. The van der Waals surface area contributed by atoms with Gasteiger partial charge in [0.05, 0.1) is 0 Å². The van der Waals surface area contributed by atoms with Gasteiger partial charge in [-0.3, -0.25) is 0 Å². The number of aromatic nitrogens is 5. The van der Waals surface area contributed by atoms with Crippen molar-refractivity contribution < 1.29 is 14.3 Å². The van der Waals surface area contributed by atoms with Gasteiger partial charge >= 0.3 is 222 Å². The Morgan fingerprint density at radius 3 is 2.86 bits per heavy atom. The monoisotopic (exact) mass is 564 g/mol. The molecule has 2 aliphatic heterocycles. The molecule has 3 aromatic heterocycles. The van der Waals surface area contributed by atoms with Gasteiger partial charge in [0.15, 0.2) is 0 Å². The molecule has 5 heterocycles. The minimum absolute atomic E-state index is 0.0377. The second-order valence-electron chi connectivity index (χ2n) is 9.07. The molecule has 0 bridgehead atoms. The normalized spacial score (nSPS) is 21.4. The van der Waals surface area contributed by atoms with E-state index in [-0.39, 0.29) is 12.0 Å². The first kappa shape index (κ1) is 23.4. The number of hydrogen-bond acceptors (Lipinski definition) is 7. The summed E-state index contributed by atoms with van der Waals surface area (Å²) in [6.45, 7) is 3.02. The van der Waals surface area contributed by atoms with Crippen LogP contribution in [0.25, 0.3) is 17.2 Å². The Bertz CT molecular complexity index is 1470. The molecule has 1 N–H and O–H groups in total. The number of ether oxygens (including phenoxy) is 2. The molecule has 6 rings (SSSR count). The van der Waals surface area contributed by atoms with E-state index in [4.69, 9.17) is 36.0 Å². The summed E-state index contributed by atoms with van der Waals surface area (Å²) < 4.78 is 14.3. The van der Waals surface area contributed by atoms with E-state index >= 15 is 0 Å². The third-order valence-electron chi connectivity index (χ3n) is 6.75. The van der Waals surface area contributed by atoms with Crippen LogP contribution in [0.3, 0.4) is 0 Å². The summed E-state index contributed by atoms with van der Waals surface area (Å²) >= 11 is 8.52. The molecule has 0 aliphatic carbocycles. The summed E-state index contributed by atoms with van der Waals surface area (Å²) in [5.74, 6) is 1.05. The molecule has 36 heavy (non-hydrogen) atoms. The van der Waals surface area contributed by atoms with Crippen LogP contribution in [0.1, 0.15) is 37.3 Å². The van der Waals surface area contributed by atoms with Gasteiger partial charge in [-0.25, -0.2) is 0 Å². The summed E-state index contributed by atoms with van der Waals surface area (Å²) in [5.41, 5.74) is 1.69. The third-order valence-corrected chi connectivity index (χ3v) is 7.68.